The van der Waals surface area contributed by atoms with E-state index in [1.165, 1.54) is 12.1 Å². The molecular weight excluding hydrogens is 248 g/mol. The second kappa shape index (κ2) is 6.84. The molecule has 6 nitrogen and oxygen atoms in total. The Morgan fingerprint density at radius 2 is 2.21 bits per heavy atom. The average molecular weight is 266 g/mol. The van der Waals surface area contributed by atoms with Gasteiger partial charge in [-0.25, -0.2) is 0 Å². The Hall–Kier alpha value is -1.95. The minimum atomic E-state index is -0.568. The molecule has 0 spiro atoms. The first-order chi connectivity index (χ1) is 8.95. The lowest BCUT2D eigenvalue weighted by atomic mass is 10.00. The van der Waals surface area contributed by atoms with Crippen molar-refractivity contribution in [3.05, 3.63) is 39.9 Å². The summed E-state index contributed by atoms with van der Waals surface area (Å²) in [5, 5.41) is 22.7. The Labute approximate surface area is 111 Å². The van der Waals surface area contributed by atoms with Crippen LogP contribution in [0.4, 0.5) is 5.69 Å². The molecule has 6 heteroatoms. The van der Waals surface area contributed by atoms with E-state index in [0.29, 0.717) is 12.0 Å². The molecule has 2 N–H and O–H groups in total. The highest BCUT2D eigenvalue weighted by Crippen LogP contribution is 2.20. The predicted molar refractivity (Wildman–Crippen MR) is 70.8 cm³/mol. The van der Waals surface area contributed by atoms with Crippen molar-refractivity contribution in [1.82, 2.24) is 5.32 Å². The zero-order chi connectivity index (χ0) is 14.4. The quantitative estimate of drug-likeness (QED) is 0.604. The third-order valence-corrected chi connectivity index (χ3v) is 2.96. The van der Waals surface area contributed by atoms with Crippen molar-refractivity contribution in [2.75, 3.05) is 6.54 Å². The Kier molecular flexibility index (Phi) is 5.44. The zero-order valence-electron chi connectivity index (χ0n) is 11.0. The van der Waals surface area contributed by atoms with Gasteiger partial charge in [0.2, 0.25) is 5.91 Å². The summed E-state index contributed by atoms with van der Waals surface area (Å²) in [4.78, 5) is 22.0. The van der Waals surface area contributed by atoms with Crippen molar-refractivity contribution in [2.45, 2.75) is 32.3 Å². The van der Waals surface area contributed by atoms with Crippen LogP contribution in [0.15, 0.2) is 24.3 Å². The molecule has 0 heterocycles. The first kappa shape index (κ1) is 15.1. The molecule has 2 atom stereocenters. The Balaban J connectivity index is 2.71. The summed E-state index contributed by atoms with van der Waals surface area (Å²) in [7, 11) is 0. The maximum Gasteiger partial charge on any atom is 0.269 e. The third-order valence-electron chi connectivity index (χ3n) is 2.96. The third kappa shape index (κ3) is 4.33. The summed E-state index contributed by atoms with van der Waals surface area (Å²) in [5.74, 6) is -0.753. The van der Waals surface area contributed by atoms with Gasteiger partial charge in [0.25, 0.3) is 5.69 Å². The molecule has 0 radical (unpaired) electrons. The van der Waals surface area contributed by atoms with Crippen molar-refractivity contribution in [1.29, 1.82) is 0 Å². The average Bonchev–Trinajstić information content (AvgIpc) is 2.43. The van der Waals surface area contributed by atoms with Gasteiger partial charge in [-0.05, 0) is 18.9 Å². The van der Waals surface area contributed by atoms with Crippen LogP contribution in [0.1, 0.15) is 31.7 Å². The maximum absolute atomic E-state index is 11.9. The van der Waals surface area contributed by atoms with Crippen LogP contribution < -0.4 is 5.32 Å². The van der Waals surface area contributed by atoms with E-state index in [9.17, 15) is 20.0 Å². The predicted octanol–water partition coefficient (Wildman–Crippen LogP) is 1.59. The number of carbonyl (C=O) groups is 1. The fraction of sp³-hybridized carbons (Fsp3) is 0.462. The molecular formula is C13H18N2O4. The van der Waals surface area contributed by atoms with E-state index in [4.69, 9.17) is 0 Å². The standard InChI is InChI=1S/C13H18N2O4/c1-3-12(16)8-14-13(17)9(2)10-5-4-6-11(7-10)15(18)19/h4-7,9,12,16H,3,8H2,1-2H3,(H,14,17). The van der Waals surface area contributed by atoms with Crippen molar-refractivity contribution < 1.29 is 14.8 Å². The van der Waals surface area contributed by atoms with Crippen molar-refractivity contribution in [3.8, 4) is 0 Å². The van der Waals surface area contributed by atoms with Crippen molar-refractivity contribution in [2.24, 2.45) is 0 Å². The molecule has 1 aromatic carbocycles. The van der Waals surface area contributed by atoms with Gasteiger partial charge in [0.1, 0.15) is 0 Å². The lowest BCUT2D eigenvalue weighted by molar-refractivity contribution is -0.384. The van der Waals surface area contributed by atoms with Crippen LogP contribution in [0.3, 0.4) is 0 Å². The van der Waals surface area contributed by atoms with E-state index in [1.54, 1.807) is 19.1 Å². The van der Waals surface area contributed by atoms with Crippen LogP contribution >= 0.6 is 0 Å². The summed E-state index contributed by atoms with van der Waals surface area (Å²) >= 11 is 0. The van der Waals surface area contributed by atoms with Gasteiger partial charge in [-0.2, -0.15) is 0 Å². The topological polar surface area (TPSA) is 92.5 Å². The monoisotopic (exact) mass is 266 g/mol. The smallest absolute Gasteiger partial charge is 0.269 e. The van der Waals surface area contributed by atoms with Gasteiger partial charge in [0.15, 0.2) is 0 Å². The van der Waals surface area contributed by atoms with Crippen LogP contribution in [0.2, 0.25) is 0 Å². The zero-order valence-corrected chi connectivity index (χ0v) is 11.0. The minimum absolute atomic E-state index is 0.0363. The first-order valence-corrected chi connectivity index (χ1v) is 6.15. The van der Waals surface area contributed by atoms with E-state index in [0.717, 1.165) is 0 Å². The van der Waals surface area contributed by atoms with Crippen molar-refractivity contribution >= 4 is 11.6 Å². The maximum atomic E-state index is 11.9. The van der Waals surface area contributed by atoms with E-state index in [2.05, 4.69) is 5.32 Å². The van der Waals surface area contributed by atoms with Crippen LogP contribution in [0, 0.1) is 10.1 Å². The van der Waals surface area contributed by atoms with Gasteiger partial charge in [-0.15, -0.1) is 0 Å². The fourth-order valence-electron chi connectivity index (χ4n) is 1.57. The highest BCUT2D eigenvalue weighted by atomic mass is 16.6. The number of aliphatic hydroxyl groups excluding tert-OH is 1. The number of carbonyl (C=O) groups excluding carboxylic acids is 1. The SMILES string of the molecule is CCC(O)CNC(=O)C(C)c1cccc([N+](=O)[O-])c1. The molecule has 0 fully saturated rings. The number of rotatable bonds is 6. The van der Waals surface area contributed by atoms with Gasteiger partial charge < -0.3 is 10.4 Å². The highest BCUT2D eigenvalue weighted by Gasteiger charge is 2.18. The molecule has 0 saturated carbocycles. The molecule has 1 aromatic rings. The van der Waals surface area contributed by atoms with E-state index >= 15 is 0 Å². The largest absolute Gasteiger partial charge is 0.391 e. The second-order valence-corrected chi connectivity index (χ2v) is 4.38. The first-order valence-electron chi connectivity index (χ1n) is 6.15. The number of nitro benzene ring substituents is 1. The lowest BCUT2D eigenvalue weighted by Gasteiger charge is -2.14. The molecule has 0 saturated heterocycles. The van der Waals surface area contributed by atoms with Gasteiger partial charge in [0, 0.05) is 18.7 Å². The highest BCUT2D eigenvalue weighted by molar-refractivity contribution is 5.83. The van der Waals surface area contributed by atoms with E-state index in [1.807, 2.05) is 6.92 Å². The molecule has 1 rings (SSSR count). The minimum Gasteiger partial charge on any atom is -0.391 e. The molecule has 0 aliphatic heterocycles. The van der Waals surface area contributed by atoms with E-state index < -0.39 is 16.9 Å². The number of hydrogen-bond acceptors (Lipinski definition) is 4. The fourth-order valence-corrected chi connectivity index (χ4v) is 1.57. The van der Waals surface area contributed by atoms with Crippen LogP contribution in [-0.2, 0) is 4.79 Å². The molecule has 1 amide bonds. The second-order valence-electron chi connectivity index (χ2n) is 4.38. The Morgan fingerprint density at radius 1 is 1.53 bits per heavy atom. The summed E-state index contributed by atoms with van der Waals surface area (Å²) in [6.07, 6.45) is -0.00730. The van der Waals surface area contributed by atoms with Gasteiger partial charge >= 0.3 is 0 Å². The molecule has 19 heavy (non-hydrogen) atoms. The number of hydrogen-bond donors (Lipinski definition) is 2. The summed E-state index contributed by atoms with van der Waals surface area (Å²) in [6.45, 7) is 3.68. The van der Waals surface area contributed by atoms with E-state index in [-0.39, 0.29) is 18.1 Å². The van der Waals surface area contributed by atoms with Crippen molar-refractivity contribution in [3.63, 3.8) is 0 Å². The molecule has 2 unspecified atom stereocenters. The summed E-state index contributed by atoms with van der Waals surface area (Å²) in [5.41, 5.74) is 0.545. The van der Waals surface area contributed by atoms with Gasteiger partial charge in [-0.1, -0.05) is 19.1 Å². The Morgan fingerprint density at radius 3 is 2.79 bits per heavy atom. The number of amides is 1. The normalized spacial score (nSPS) is 13.6. The van der Waals surface area contributed by atoms with Crippen LogP contribution in [0.5, 0.6) is 0 Å². The number of nitrogens with zero attached hydrogens (tertiary/aromatic N) is 1. The lowest BCUT2D eigenvalue weighted by Crippen LogP contribution is -2.34. The number of nitrogens with one attached hydrogen (secondary N) is 1. The molecule has 0 aromatic heterocycles. The molecule has 0 bridgehead atoms. The summed E-state index contributed by atoms with van der Waals surface area (Å²) in [6, 6.07) is 6.00. The summed E-state index contributed by atoms with van der Waals surface area (Å²) < 4.78 is 0. The number of nitro groups is 1. The van der Waals surface area contributed by atoms with Gasteiger partial charge in [-0.3, -0.25) is 14.9 Å². The Bertz CT molecular complexity index is 462. The number of non-ortho nitro benzene ring substituents is 1. The van der Waals surface area contributed by atoms with Gasteiger partial charge in [0.05, 0.1) is 16.9 Å². The number of aliphatic hydroxyl groups is 1. The van der Waals surface area contributed by atoms with Crippen LogP contribution in [-0.4, -0.2) is 28.6 Å². The number of benzene rings is 1. The molecule has 0 aliphatic rings. The molecule has 104 valence electrons. The molecule has 0 aliphatic carbocycles. The van der Waals surface area contributed by atoms with Crippen LogP contribution in [0.25, 0.3) is 0 Å².